The third-order valence-electron chi connectivity index (χ3n) is 7.70. The van der Waals surface area contributed by atoms with Gasteiger partial charge in [-0.25, -0.2) is 0 Å². The van der Waals surface area contributed by atoms with Crippen LogP contribution < -0.4 is 0 Å². The van der Waals surface area contributed by atoms with Gasteiger partial charge in [-0.05, 0) is 55.0 Å². The molecule has 1 fully saturated rings. The third-order valence-corrected chi connectivity index (χ3v) is 7.70. The molecule has 0 saturated heterocycles. The summed E-state index contributed by atoms with van der Waals surface area (Å²) in [6.07, 6.45) is 3.52. The van der Waals surface area contributed by atoms with E-state index in [2.05, 4.69) is 4.98 Å². The highest BCUT2D eigenvalue weighted by Crippen LogP contribution is 2.29. The Morgan fingerprint density at radius 2 is 1.70 bits per heavy atom. The second kappa shape index (κ2) is 13.8. The van der Waals surface area contributed by atoms with Crippen LogP contribution in [0.15, 0.2) is 54.7 Å². The lowest BCUT2D eigenvalue weighted by atomic mass is 9.88. The number of carbonyl (C=O) groups excluding carboxylic acids is 2. The Morgan fingerprint density at radius 1 is 0.975 bits per heavy atom. The topological polar surface area (TPSA) is 65.6 Å². The van der Waals surface area contributed by atoms with Crippen molar-refractivity contribution < 1.29 is 27.5 Å². The maximum absolute atomic E-state index is 13.7. The van der Waals surface area contributed by atoms with E-state index in [0.717, 1.165) is 60.7 Å². The molecule has 0 aliphatic heterocycles. The van der Waals surface area contributed by atoms with E-state index in [1.165, 1.54) is 12.1 Å². The highest BCUT2D eigenvalue weighted by Gasteiger charge is 2.31. The number of aromatic amines is 1. The molecule has 40 heavy (non-hydrogen) atoms. The van der Waals surface area contributed by atoms with E-state index in [0.29, 0.717) is 38.1 Å². The Bertz CT molecular complexity index is 1250. The molecule has 3 aromatic rings. The summed E-state index contributed by atoms with van der Waals surface area (Å²) in [5.41, 5.74) is 1.93. The number of fused-ring (bicyclic) bond motifs is 1. The molecule has 0 spiro atoms. The minimum Gasteiger partial charge on any atom is -0.385 e. The van der Waals surface area contributed by atoms with Gasteiger partial charge in [0.1, 0.15) is 0 Å². The van der Waals surface area contributed by atoms with Crippen LogP contribution in [0.1, 0.15) is 55.2 Å². The number of H-pyrrole nitrogens is 1. The molecule has 0 atom stereocenters. The zero-order chi connectivity index (χ0) is 28.5. The summed E-state index contributed by atoms with van der Waals surface area (Å²) in [5, 5.41) is 1.07. The number of hydrogen-bond acceptors (Lipinski definition) is 3. The predicted molar refractivity (Wildman–Crippen MR) is 149 cm³/mol. The average molecular weight is 558 g/mol. The molecule has 1 N–H and O–H groups in total. The van der Waals surface area contributed by atoms with Gasteiger partial charge in [0, 0.05) is 56.4 Å². The van der Waals surface area contributed by atoms with Crippen LogP contribution in [-0.2, 0) is 33.5 Å². The molecule has 1 saturated carbocycles. The van der Waals surface area contributed by atoms with Crippen LogP contribution in [0.4, 0.5) is 13.2 Å². The Morgan fingerprint density at radius 3 is 2.40 bits per heavy atom. The number of alkyl halides is 3. The van der Waals surface area contributed by atoms with Crippen molar-refractivity contribution in [3.63, 3.8) is 0 Å². The molecule has 9 heteroatoms. The number of benzene rings is 2. The van der Waals surface area contributed by atoms with Gasteiger partial charge in [0.15, 0.2) is 0 Å². The van der Waals surface area contributed by atoms with E-state index in [-0.39, 0.29) is 30.8 Å². The number of ether oxygens (including phenoxy) is 1. The Hall–Kier alpha value is -3.33. The third kappa shape index (κ3) is 7.87. The van der Waals surface area contributed by atoms with E-state index in [1.807, 2.05) is 30.5 Å². The zero-order valence-corrected chi connectivity index (χ0v) is 23.0. The predicted octanol–water partition coefficient (Wildman–Crippen LogP) is 6.20. The van der Waals surface area contributed by atoms with E-state index >= 15 is 0 Å². The van der Waals surface area contributed by atoms with Gasteiger partial charge >= 0.3 is 6.18 Å². The first-order chi connectivity index (χ1) is 19.3. The highest BCUT2D eigenvalue weighted by molar-refractivity contribution is 5.86. The van der Waals surface area contributed by atoms with Crippen molar-refractivity contribution in [2.24, 2.45) is 5.92 Å². The number of hydrogen-bond donors (Lipinski definition) is 1. The van der Waals surface area contributed by atoms with Crippen molar-refractivity contribution >= 4 is 22.7 Å². The summed E-state index contributed by atoms with van der Waals surface area (Å²) >= 11 is 0. The molecular weight excluding hydrogens is 519 g/mol. The van der Waals surface area contributed by atoms with Crippen LogP contribution in [0, 0.1) is 5.92 Å². The molecule has 2 amide bonds. The van der Waals surface area contributed by atoms with Crippen molar-refractivity contribution in [3.05, 3.63) is 71.4 Å². The molecule has 1 heterocycles. The summed E-state index contributed by atoms with van der Waals surface area (Å²) in [6, 6.07) is 12.8. The van der Waals surface area contributed by atoms with Gasteiger partial charge in [0.25, 0.3) is 0 Å². The lowest BCUT2D eigenvalue weighted by molar-refractivity contribution is -0.144. The first-order valence-corrected chi connectivity index (χ1v) is 14.0. The fourth-order valence-electron chi connectivity index (χ4n) is 5.44. The second-order valence-corrected chi connectivity index (χ2v) is 10.6. The molecule has 1 aliphatic carbocycles. The van der Waals surface area contributed by atoms with E-state index < -0.39 is 11.7 Å². The maximum Gasteiger partial charge on any atom is 0.416 e. The molecule has 0 bridgehead atoms. The number of aromatic nitrogens is 1. The number of amides is 2. The van der Waals surface area contributed by atoms with E-state index in [9.17, 15) is 22.8 Å². The molecular formula is C31H38F3N3O3. The van der Waals surface area contributed by atoms with Gasteiger partial charge in [0.05, 0.1) is 12.1 Å². The SMILES string of the molecule is COCCCN(CC(=O)N(CCc1c[nH]c2ccccc12)Cc1ccc(C(F)(F)F)cc1)C(=O)C1CCCCC1. The molecule has 1 aliphatic rings. The van der Waals surface area contributed by atoms with Crippen molar-refractivity contribution in [1.82, 2.24) is 14.8 Å². The minimum absolute atomic E-state index is 0.00950. The number of methoxy groups -OCH3 is 1. The summed E-state index contributed by atoms with van der Waals surface area (Å²) in [7, 11) is 1.61. The maximum atomic E-state index is 13.7. The molecule has 2 aromatic carbocycles. The number of para-hydroxylation sites is 1. The Balaban J connectivity index is 1.52. The fraction of sp³-hybridized carbons (Fsp3) is 0.484. The van der Waals surface area contributed by atoms with Crippen LogP contribution in [0.3, 0.4) is 0 Å². The van der Waals surface area contributed by atoms with E-state index in [1.54, 1.807) is 16.9 Å². The number of nitrogens with one attached hydrogen (secondary N) is 1. The Kier molecular flexibility index (Phi) is 10.3. The average Bonchev–Trinajstić information content (AvgIpc) is 3.37. The first-order valence-electron chi connectivity index (χ1n) is 14.0. The minimum atomic E-state index is -4.43. The van der Waals surface area contributed by atoms with Crippen molar-refractivity contribution in [2.45, 2.75) is 57.7 Å². The van der Waals surface area contributed by atoms with E-state index in [4.69, 9.17) is 4.74 Å². The van der Waals surface area contributed by atoms with Crippen LogP contribution in [-0.4, -0.2) is 59.9 Å². The van der Waals surface area contributed by atoms with Gasteiger partial charge in [-0.1, -0.05) is 49.6 Å². The van der Waals surface area contributed by atoms with Gasteiger partial charge < -0.3 is 19.5 Å². The molecule has 1 aromatic heterocycles. The zero-order valence-electron chi connectivity index (χ0n) is 23.0. The quantitative estimate of drug-likeness (QED) is 0.270. The largest absolute Gasteiger partial charge is 0.416 e. The fourth-order valence-corrected chi connectivity index (χ4v) is 5.44. The Labute approximate surface area is 233 Å². The van der Waals surface area contributed by atoms with Gasteiger partial charge in [0.2, 0.25) is 11.8 Å². The summed E-state index contributed by atoms with van der Waals surface area (Å²) in [5.74, 6) is -0.282. The second-order valence-electron chi connectivity index (χ2n) is 10.6. The number of carbonyl (C=O) groups is 2. The lowest BCUT2D eigenvalue weighted by Gasteiger charge is -2.31. The summed E-state index contributed by atoms with van der Waals surface area (Å²) in [4.78, 5) is 33.7. The van der Waals surface area contributed by atoms with Gasteiger partial charge in [-0.2, -0.15) is 13.2 Å². The van der Waals surface area contributed by atoms with Gasteiger partial charge in [-0.3, -0.25) is 9.59 Å². The molecule has 6 nitrogen and oxygen atoms in total. The van der Waals surface area contributed by atoms with Crippen LogP contribution in [0.25, 0.3) is 10.9 Å². The summed E-state index contributed by atoms with van der Waals surface area (Å²) < 4.78 is 44.5. The molecule has 0 radical (unpaired) electrons. The van der Waals surface area contributed by atoms with Crippen LogP contribution in [0.5, 0.6) is 0 Å². The molecule has 216 valence electrons. The van der Waals surface area contributed by atoms with Crippen LogP contribution in [0.2, 0.25) is 0 Å². The monoisotopic (exact) mass is 557 g/mol. The summed E-state index contributed by atoms with van der Waals surface area (Å²) in [6.45, 7) is 1.37. The standard InChI is InChI=1S/C31H38F3N3O3/c1-40-19-7-17-37(30(39)24-8-3-2-4-9-24)22-29(38)36(21-23-12-14-26(15-13-23)31(32,33)34)18-16-25-20-35-28-11-6-5-10-27(25)28/h5-6,10-15,20,24,35H,2-4,7-9,16-19,21-22H2,1H3. The number of halogens is 3. The normalized spacial score (nSPS) is 14.4. The van der Waals surface area contributed by atoms with Gasteiger partial charge in [-0.15, -0.1) is 0 Å². The number of nitrogens with zero attached hydrogens (tertiary/aromatic N) is 2. The smallest absolute Gasteiger partial charge is 0.385 e. The van der Waals surface area contributed by atoms with Crippen LogP contribution >= 0.6 is 0 Å². The molecule has 4 rings (SSSR count). The van der Waals surface area contributed by atoms with Crippen molar-refractivity contribution in [1.29, 1.82) is 0 Å². The molecule has 0 unspecified atom stereocenters. The van der Waals surface area contributed by atoms with Crippen molar-refractivity contribution in [2.75, 3.05) is 33.4 Å². The first kappa shape index (κ1) is 29.6. The number of rotatable bonds is 12. The lowest BCUT2D eigenvalue weighted by Crippen LogP contribution is -2.46. The highest BCUT2D eigenvalue weighted by atomic mass is 19.4. The van der Waals surface area contributed by atoms with Crippen molar-refractivity contribution in [3.8, 4) is 0 Å².